The predicted molar refractivity (Wildman–Crippen MR) is 93.4 cm³/mol. The van der Waals surface area contributed by atoms with E-state index in [1.807, 2.05) is 31.5 Å². The molecular weight excluding hydrogens is 304 g/mol. The van der Waals surface area contributed by atoms with Gasteiger partial charge in [0.25, 0.3) is 0 Å². The Bertz CT molecular complexity index is 851. The Balaban J connectivity index is 1.37. The lowest BCUT2D eigenvalue weighted by Crippen LogP contribution is -2.01. The third kappa shape index (κ3) is 4.25. The molecule has 0 N–H and O–H groups in total. The van der Waals surface area contributed by atoms with Crippen LogP contribution in [0.4, 0.5) is 0 Å². The summed E-state index contributed by atoms with van der Waals surface area (Å²) in [7, 11) is 0. The van der Waals surface area contributed by atoms with Crippen molar-refractivity contribution in [2.45, 2.75) is 39.2 Å². The number of imidazole rings is 1. The molecule has 0 bridgehead atoms. The van der Waals surface area contributed by atoms with E-state index >= 15 is 0 Å². The van der Waals surface area contributed by atoms with Gasteiger partial charge in [0, 0.05) is 36.5 Å². The van der Waals surface area contributed by atoms with Gasteiger partial charge in [0.05, 0.1) is 6.61 Å². The third-order valence-corrected chi connectivity index (χ3v) is 4.08. The Labute approximate surface area is 140 Å². The molecule has 0 unspecified atom stereocenters. The number of ether oxygens (including phenoxy) is 1. The topological polar surface area (TPSA) is 57.3 Å². The third-order valence-electron chi connectivity index (χ3n) is 4.08. The van der Waals surface area contributed by atoms with Crippen LogP contribution in [0.3, 0.4) is 0 Å². The summed E-state index contributed by atoms with van der Waals surface area (Å²) in [6.07, 6.45) is 8.34. The second kappa shape index (κ2) is 7.81. The van der Waals surface area contributed by atoms with Crippen molar-refractivity contribution in [1.82, 2.24) is 9.55 Å². The first kappa shape index (κ1) is 16.3. The van der Waals surface area contributed by atoms with Crippen LogP contribution in [0.25, 0.3) is 11.0 Å². The molecule has 5 nitrogen and oxygen atoms in total. The fourth-order valence-electron chi connectivity index (χ4n) is 2.70. The zero-order valence-corrected chi connectivity index (χ0v) is 13.9. The van der Waals surface area contributed by atoms with Crippen LogP contribution in [-0.4, -0.2) is 16.2 Å². The van der Waals surface area contributed by atoms with E-state index in [1.165, 1.54) is 12.5 Å². The summed E-state index contributed by atoms with van der Waals surface area (Å²) in [6, 6.07) is 8.77. The number of hydrogen-bond donors (Lipinski definition) is 0. The van der Waals surface area contributed by atoms with Crippen molar-refractivity contribution in [1.29, 1.82) is 0 Å². The molecule has 2 aromatic heterocycles. The molecule has 126 valence electrons. The number of nitrogens with zero attached hydrogens (tertiary/aromatic N) is 2. The number of benzene rings is 1. The van der Waals surface area contributed by atoms with Gasteiger partial charge >= 0.3 is 5.63 Å². The van der Waals surface area contributed by atoms with Crippen molar-refractivity contribution in [3.63, 3.8) is 0 Å². The summed E-state index contributed by atoms with van der Waals surface area (Å²) in [5.41, 5.74) is 0.225. The van der Waals surface area contributed by atoms with Crippen molar-refractivity contribution in [3.8, 4) is 5.75 Å². The second-order valence-electron chi connectivity index (χ2n) is 5.88. The zero-order valence-electron chi connectivity index (χ0n) is 13.9. The van der Waals surface area contributed by atoms with Crippen LogP contribution in [0.5, 0.6) is 5.75 Å². The number of fused-ring (bicyclic) bond motifs is 1. The molecule has 0 aliphatic heterocycles. The molecule has 2 heterocycles. The standard InChI is InChI=1S/C19H22N2O3/c1-15-20-10-12-21(15)11-4-2-3-5-13-23-17-8-6-16-7-9-19(22)24-18(16)14-17/h6-10,12,14H,2-5,11,13H2,1H3. The molecule has 0 atom stereocenters. The minimum atomic E-state index is -0.340. The van der Waals surface area contributed by atoms with E-state index in [2.05, 4.69) is 9.55 Å². The minimum absolute atomic E-state index is 0.340. The highest BCUT2D eigenvalue weighted by Crippen LogP contribution is 2.19. The molecule has 0 amide bonds. The van der Waals surface area contributed by atoms with Gasteiger partial charge in [0.2, 0.25) is 0 Å². The fourth-order valence-corrected chi connectivity index (χ4v) is 2.70. The van der Waals surface area contributed by atoms with Crippen molar-refractivity contribution < 1.29 is 9.15 Å². The first-order valence-electron chi connectivity index (χ1n) is 8.37. The molecule has 0 aliphatic carbocycles. The quantitative estimate of drug-likeness (QED) is 0.465. The molecule has 0 saturated carbocycles. The molecule has 24 heavy (non-hydrogen) atoms. The maximum absolute atomic E-state index is 11.2. The van der Waals surface area contributed by atoms with E-state index < -0.39 is 0 Å². The predicted octanol–water partition coefficient (Wildman–Crippen LogP) is 3.94. The van der Waals surface area contributed by atoms with Gasteiger partial charge in [-0.25, -0.2) is 9.78 Å². The van der Waals surface area contributed by atoms with E-state index in [0.717, 1.165) is 42.8 Å². The summed E-state index contributed by atoms with van der Waals surface area (Å²) in [5, 5.41) is 0.900. The van der Waals surface area contributed by atoms with Crippen LogP contribution in [-0.2, 0) is 6.54 Å². The smallest absolute Gasteiger partial charge is 0.336 e. The number of aromatic nitrogens is 2. The van der Waals surface area contributed by atoms with Gasteiger partial charge in [-0.15, -0.1) is 0 Å². The molecule has 5 heteroatoms. The van der Waals surface area contributed by atoms with E-state index in [-0.39, 0.29) is 5.63 Å². The van der Waals surface area contributed by atoms with Gasteiger partial charge in [-0.2, -0.15) is 0 Å². The summed E-state index contributed by atoms with van der Waals surface area (Å²) in [5.74, 6) is 1.81. The molecule has 0 aliphatic rings. The number of aryl methyl sites for hydroxylation is 2. The number of unbranched alkanes of at least 4 members (excludes halogenated alkanes) is 3. The van der Waals surface area contributed by atoms with E-state index in [9.17, 15) is 4.79 Å². The van der Waals surface area contributed by atoms with Crippen LogP contribution in [0, 0.1) is 6.92 Å². The van der Waals surface area contributed by atoms with E-state index in [4.69, 9.17) is 9.15 Å². The van der Waals surface area contributed by atoms with Crippen molar-refractivity contribution in [3.05, 3.63) is 59.0 Å². The fraction of sp³-hybridized carbons (Fsp3) is 0.368. The van der Waals surface area contributed by atoms with Crippen LogP contribution in [0.15, 0.2) is 51.9 Å². The molecule has 3 rings (SSSR count). The Kier molecular flexibility index (Phi) is 5.31. The van der Waals surface area contributed by atoms with Crippen molar-refractivity contribution in [2.24, 2.45) is 0 Å². The molecule has 0 radical (unpaired) electrons. The number of rotatable bonds is 8. The first-order valence-corrected chi connectivity index (χ1v) is 8.37. The van der Waals surface area contributed by atoms with Gasteiger partial charge in [-0.1, -0.05) is 12.8 Å². The van der Waals surface area contributed by atoms with Crippen LogP contribution in [0.2, 0.25) is 0 Å². The zero-order chi connectivity index (χ0) is 16.8. The van der Waals surface area contributed by atoms with Crippen LogP contribution in [0.1, 0.15) is 31.5 Å². The van der Waals surface area contributed by atoms with Gasteiger partial charge in [0.1, 0.15) is 17.2 Å². The van der Waals surface area contributed by atoms with Gasteiger partial charge < -0.3 is 13.7 Å². The maximum Gasteiger partial charge on any atom is 0.336 e. The van der Waals surface area contributed by atoms with Gasteiger partial charge in [-0.3, -0.25) is 0 Å². The van der Waals surface area contributed by atoms with Crippen LogP contribution < -0.4 is 10.4 Å². The molecule has 0 fully saturated rings. The van der Waals surface area contributed by atoms with Gasteiger partial charge in [-0.05, 0) is 38.0 Å². The Morgan fingerprint density at radius 1 is 1.12 bits per heavy atom. The highest BCUT2D eigenvalue weighted by Gasteiger charge is 2.01. The lowest BCUT2D eigenvalue weighted by molar-refractivity contribution is 0.304. The highest BCUT2D eigenvalue weighted by molar-refractivity contribution is 5.77. The minimum Gasteiger partial charge on any atom is -0.493 e. The second-order valence-corrected chi connectivity index (χ2v) is 5.88. The molecule has 3 aromatic rings. The summed E-state index contributed by atoms with van der Waals surface area (Å²) in [6.45, 7) is 3.72. The van der Waals surface area contributed by atoms with E-state index in [1.54, 1.807) is 12.1 Å². The average molecular weight is 326 g/mol. The first-order chi connectivity index (χ1) is 11.7. The normalized spacial score (nSPS) is 11.0. The van der Waals surface area contributed by atoms with Crippen molar-refractivity contribution >= 4 is 11.0 Å². The Hall–Kier alpha value is -2.56. The van der Waals surface area contributed by atoms with Crippen molar-refractivity contribution in [2.75, 3.05) is 6.61 Å². The Morgan fingerprint density at radius 2 is 1.96 bits per heavy atom. The number of hydrogen-bond acceptors (Lipinski definition) is 4. The van der Waals surface area contributed by atoms with E-state index in [0.29, 0.717) is 12.2 Å². The lowest BCUT2D eigenvalue weighted by Gasteiger charge is -2.07. The summed E-state index contributed by atoms with van der Waals surface area (Å²) >= 11 is 0. The molecule has 1 aromatic carbocycles. The molecule has 0 spiro atoms. The van der Waals surface area contributed by atoms with Crippen LogP contribution >= 0.6 is 0 Å². The SMILES string of the molecule is Cc1nccn1CCCCCCOc1ccc2ccc(=O)oc2c1. The summed E-state index contributed by atoms with van der Waals surface area (Å²) in [4.78, 5) is 15.5. The van der Waals surface area contributed by atoms with Gasteiger partial charge in [0.15, 0.2) is 0 Å². The summed E-state index contributed by atoms with van der Waals surface area (Å²) < 4.78 is 13.1. The largest absolute Gasteiger partial charge is 0.493 e. The maximum atomic E-state index is 11.2. The highest BCUT2D eigenvalue weighted by atomic mass is 16.5. The molecular formula is C19H22N2O3. The Morgan fingerprint density at radius 3 is 2.79 bits per heavy atom. The average Bonchev–Trinajstić information content (AvgIpc) is 2.98. The lowest BCUT2D eigenvalue weighted by atomic mass is 10.2. The molecule has 0 saturated heterocycles. The monoisotopic (exact) mass is 326 g/mol.